The first-order valence-electron chi connectivity index (χ1n) is 5.51. The Labute approximate surface area is 111 Å². The van der Waals surface area contributed by atoms with Gasteiger partial charge in [-0.25, -0.2) is 0 Å². The van der Waals surface area contributed by atoms with Crippen molar-refractivity contribution in [3.05, 3.63) is 0 Å². The second-order valence-electron chi connectivity index (χ2n) is 3.18. The Kier molecular flexibility index (Phi) is 20.6. The van der Waals surface area contributed by atoms with Gasteiger partial charge in [-0.1, -0.05) is 0 Å². The standard InChI is InChI=1S/C4H8O.C4H7O.C2H5O.BrH.Zn/c1-2-4-5-3-1;1-2-3-4-5;1-2-3;;/h1-4H2;4H,1-3H2;2H2,1H3;1H;/q;;-1;;+1. The fraction of sp³-hybridized carbons (Fsp3) is 0.900. The maximum atomic E-state index is 9.82. The van der Waals surface area contributed by atoms with Gasteiger partial charge in [0.05, 0.1) is 0 Å². The van der Waals surface area contributed by atoms with Crippen LogP contribution < -0.4 is 0 Å². The number of rotatable bonds is 6. The quantitative estimate of drug-likeness (QED) is 0.426. The Bertz CT molecular complexity index is 114. The molecule has 5 heteroatoms. The Morgan fingerprint density at radius 3 is 2.47 bits per heavy atom. The summed E-state index contributed by atoms with van der Waals surface area (Å²) in [6.07, 6.45) is 5.30. The number of carbonyl (C=O) groups excluding carboxylic acids is 1. The van der Waals surface area contributed by atoms with Crippen LogP contribution in [0, 0.1) is 0 Å². The molecule has 0 amide bonds. The van der Waals surface area contributed by atoms with Crippen molar-refractivity contribution >= 4 is 23.3 Å². The van der Waals surface area contributed by atoms with Gasteiger partial charge in [-0.2, -0.15) is 0 Å². The number of aldehydes is 1. The molecule has 0 spiro atoms. The summed E-state index contributed by atoms with van der Waals surface area (Å²) < 4.78 is 10.2. The summed E-state index contributed by atoms with van der Waals surface area (Å²) in [6, 6.07) is 0. The molecule has 88 valence electrons. The fourth-order valence-corrected chi connectivity index (χ4v) is 3.15. The van der Waals surface area contributed by atoms with Gasteiger partial charge in [0.25, 0.3) is 0 Å². The molecule has 0 aliphatic carbocycles. The van der Waals surface area contributed by atoms with Gasteiger partial charge < -0.3 is 4.74 Å². The third-order valence-electron chi connectivity index (χ3n) is 1.89. The first kappa shape index (κ1) is 18.1. The second kappa shape index (κ2) is 17.1. The van der Waals surface area contributed by atoms with Crippen molar-refractivity contribution in [2.75, 3.05) is 19.8 Å². The summed E-state index contributed by atoms with van der Waals surface area (Å²) in [4.78, 5) is 9.82. The van der Waals surface area contributed by atoms with Gasteiger partial charge in [0.1, 0.15) is 0 Å². The third-order valence-corrected chi connectivity index (χ3v) is 5.01. The topological polar surface area (TPSA) is 35.5 Å². The summed E-state index contributed by atoms with van der Waals surface area (Å²) in [5.41, 5.74) is 0. The van der Waals surface area contributed by atoms with E-state index in [1.165, 1.54) is 17.9 Å². The van der Waals surface area contributed by atoms with E-state index in [1.54, 1.807) is 0 Å². The monoisotopic (exact) mass is 332 g/mol. The zero-order chi connectivity index (χ0) is 10.5. The van der Waals surface area contributed by atoms with Crippen LogP contribution in [0.25, 0.3) is 0 Å². The van der Waals surface area contributed by atoms with E-state index in [1.807, 2.05) is 6.92 Å². The summed E-state index contributed by atoms with van der Waals surface area (Å²) in [5, 5.41) is 1.19. The van der Waals surface area contributed by atoms with Gasteiger partial charge in [0.2, 0.25) is 0 Å². The Hall–Kier alpha value is 0.693. The number of hydrogen-bond donors (Lipinski definition) is 0. The van der Waals surface area contributed by atoms with E-state index in [-0.39, 0.29) is 17.0 Å². The normalized spacial score (nSPS) is 13.1. The van der Waals surface area contributed by atoms with Gasteiger partial charge in [-0.3, -0.25) is 0 Å². The molecule has 0 radical (unpaired) electrons. The van der Waals surface area contributed by atoms with Gasteiger partial charge in [0, 0.05) is 13.2 Å². The van der Waals surface area contributed by atoms with Crippen molar-refractivity contribution in [3.63, 3.8) is 0 Å². The molecule has 0 unspecified atom stereocenters. The number of halogens is 1. The average Bonchev–Trinajstić information content (AvgIpc) is 2.76. The molecule has 0 aromatic carbocycles. The maximum absolute atomic E-state index is 9.82. The summed E-state index contributed by atoms with van der Waals surface area (Å²) in [7, 11) is 0. The molecule has 1 rings (SSSR count). The van der Waals surface area contributed by atoms with E-state index in [0.717, 1.165) is 38.9 Å². The average molecular weight is 335 g/mol. The van der Waals surface area contributed by atoms with Crippen LogP contribution in [-0.4, -0.2) is 26.1 Å². The van der Waals surface area contributed by atoms with Gasteiger partial charge in [-0.05, 0) is 12.8 Å². The fourth-order valence-electron chi connectivity index (χ4n) is 1.09. The zero-order valence-corrected chi connectivity index (χ0v) is 14.3. The Balaban J connectivity index is 0. The molecule has 0 saturated carbocycles. The van der Waals surface area contributed by atoms with Crippen molar-refractivity contribution in [1.82, 2.24) is 0 Å². The predicted molar refractivity (Wildman–Crippen MR) is 62.1 cm³/mol. The molecule has 1 fully saturated rings. The molecule has 0 aromatic heterocycles. The van der Waals surface area contributed by atoms with Crippen LogP contribution in [-0.2, 0) is 30.6 Å². The van der Waals surface area contributed by atoms with E-state index in [9.17, 15) is 4.79 Å². The number of carbonyl (C=O) groups is 1. The van der Waals surface area contributed by atoms with Crippen LogP contribution in [0.3, 0.4) is 0 Å². The molecule has 0 N–H and O–H groups in total. The van der Waals surface area contributed by atoms with Crippen LogP contribution >= 0.6 is 17.0 Å². The molecule has 3 nitrogen and oxygen atoms in total. The summed E-state index contributed by atoms with van der Waals surface area (Å²) in [5.74, 6) is 0. The van der Waals surface area contributed by atoms with E-state index < -0.39 is 17.5 Å². The van der Waals surface area contributed by atoms with E-state index in [4.69, 9.17) is 8.30 Å². The van der Waals surface area contributed by atoms with Crippen LogP contribution in [0.4, 0.5) is 0 Å². The molecule has 1 aliphatic heterocycles. The first-order valence-corrected chi connectivity index (χ1v) is 8.82. The van der Waals surface area contributed by atoms with Crippen LogP contribution in [0.2, 0.25) is 5.02 Å². The molecule has 0 atom stereocenters. The predicted octanol–water partition coefficient (Wildman–Crippen LogP) is 2.79. The molecular formula is C10H21BrO3Zn. The molecule has 0 aromatic rings. The number of unbranched alkanes of at least 4 members (excludes halogenated alkanes) is 1. The van der Waals surface area contributed by atoms with Crippen molar-refractivity contribution in [1.29, 1.82) is 0 Å². The Morgan fingerprint density at radius 2 is 2.07 bits per heavy atom. The second-order valence-corrected chi connectivity index (χ2v) is 6.38. The number of ether oxygens (including phenoxy) is 1. The first-order chi connectivity index (χ1) is 6.91. The SMILES string of the molecule is Br.C1CCOC1.CC[O][Zn][CH2]CCC=O. The van der Waals surface area contributed by atoms with Crippen molar-refractivity contribution in [2.45, 2.75) is 37.6 Å². The zero-order valence-electron chi connectivity index (χ0n) is 9.57. The van der Waals surface area contributed by atoms with Gasteiger partial charge >= 0.3 is 63.5 Å². The van der Waals surface area contributed by atoms with Gasteiger partial charge in [0.15, 0.2) is 0 Å². The number of hydrogen-bond acceptors (Lipinski definition) is 3. The molecule has 0 bridgehead atoms. The van der Waals surface area contributed by atoms with Crippen molar-refractivity contribution < 1.29 is 30.6 Å². The molecule has 1 aliphatic rings. The summed E-state index contributed by atoms with van der Waals surface area (Å²) >= 11 is -0.640. The van der Waals surface area contributed by atoms with Crippen molar-refractivity contribution in [3.8, 4) is 0 Å². The molecule has 1 saturated heterocycles. The minimum atomic E-state index is -0.640. The van der Waals surface area contributed by atoms with Crippen LogP contribution in [0.15, 0.2) is 0 Å². The van der Waals surface area contributed by atoms with Crippen LogP contribution in [0.5, 0.6) is 0 Å². The Morgan fingerprint density at radius 1 is 1.40 bits per heavy atom. The third kappa shape index (κ3) is 17.3. The minimum absolute atomic E-state index is 0. The van der Waals surface area contributed by atoms with E-state index in [0.29, 0.717) is 0 Å². The van der Waals surface area contributed by atoms with E-state index >= 15 is 0 Å². The molecule has 1 heterocycles. The van der Waals surface area contributed by atoms with Crippen molar-refractivity contribution in [2.24, 2.45) is 0 Å². The molecule has 15 heavy (non-hydrogen) atoms. The van der Waals surface area contributed by atoms with Gasteiger partial charge in [-0.15, -0.1) is 17.0 Å². The van der Waals surface area contributed by atoms with Crippen LogP contribution in [0.1, 0.15) is 32.6 Å². The summed E-state index contributed by atoms with van der Waals surface area (Å²) in [6.45, 7) is 4.88. The molecular weight excluding hydrogens is 313 g/mol. The van der Waals surface area contributed by atoms with E-state index in [2.05, 4.69) is 0 Å².